The number of ether oxygens (including phenoxy) is 2. The molecule has 1 aliphatic rings. The Bertz CT molecular complexity index is 1580. The molecular formula is C29H20N2O4. The number of carbonyl (C=O) groups is 1. The fourth-order valence-electron chi connectivity index (χ4n) is 4.62. The van der Waals surface area contributed by atoms with Gasteiger partial charge in [0.1, 0.15) is 18.2 Å². The van der Waals surface area contributed by atoms with Gasteiger partial charge in [-0.1, -0.05) is 60.7 Å². The van der Waals surface area contributed by atoms with E-state index in [0.29, 0.717) is 28.0 Å². The van der Waals surface area contributed by atoms with E-state index in [1.165, 1.54) is 11.1 Å². The molecule has 6 rings (SSSR count). The van der Waals surface area contributed by atoms with E-state index >= 15 is 0 Å². The quantitative estimate of drug-likeness (QED) is 0.266. The molecule has 0 spiro atoms. The average Bonchev–Trinajstić information content (AvgIpc) is 3.21. The van der Waals surface area contributed by atoms with Crippen LogP contribution >= 0.6 is 0 Å². The molecule has 5 aromatic rings. The van der Waals surface area contributed by atoms with Crippen LogP contribution in [-0.2, 0) is 4.74 Å². The molecule has 0 saturated heterocycles. The number of aromatic nitrogens is 2. The summed E-state index contributed by atoms with van der Waals surface area (Å²) in [7, 11) is 0. The van der Waals surface area contributed by atoms with Gasteiger partial charge >= 0.3 is 6.16 Å². The summed E-state index contributed by atoms with van der Waals surface area (Å²) in [5, 5.41) is 0.534. The Morgan fingerprint density at radius 1 is 0.800 bits per heavy atom. The SMILES string of the molecule is O=C(OCC1c2ccccc2-c2ccccc21)Oc1ccc(-c2nc3ccccc3c(=O)[nH]2)cc1. The number of aromatic amines is 1. The van der Waals surface area contributed by atoms with Crippen molar-refractivity contribution in [2.45, 2.75) is 5.92 Å². The Hall–Kier alpha value is -4.71. The lowest BCUT2D eigenvalue weighted by Crippen LogP contribution is -2.15. The van der Waals surface area contributed by atoms with Crippen LogP contribution in [0.2, 0.25) is 0 Å². The second-order valence-corrected chi connectivity index (χ2v) is 8.35. The van der Waals surface area contributed by atoms with Gasteiger partial charge in [-0.05, 0) is 58.7 Å². The molecule has 1 N–H and O–H groups in total. The molecule has 0 unspecified atom stereocenters. The van der Waals surface area contributed by atoms with Crippen LogP contribution in [0.1, 0.15) is 17.0 Å². The predicted molar refractivity (Wildman–Crippen MR) is 133 cm³/mol. The summed E-state index contributed by atoms with van der Waals surface area (Å²) in [5.41, 5.74) is 5.73. The van der Waals surface area contributed by atoms with Gasteiger partial charge in [-0.15, -0.1) is 0 Å². The molecule has 1 heterocycles. The number of H-pyrrole nitrogens is 1. The fourth-order valence-corrected chi connectivity index (χ4v) is 4.62. The smallest absolute Gasteiger partial charge is 0.433 e. The monoisotopic (exact) mass is 460 g/mol. The minimum Gasteiger partial charge on any atom is -0.433 e. The van der Waals surface area contributed by atoms with Gasteiger partial charge in [-0.2, -0.15) is 0 Å². The zero-order valence-electron chi connectivity index (χ0n) is 18.6. The highest BCUT2D eigenvalue weighted by Gasteiger charge is 2.29. The molecule has 0 aliphatic heterocycles. The van der Waals surface area contributed by atoms with E-state index in [-0.39, 0.29) is 18.1 Å². The number of hydrogen-bond donors (Lipinski definition) is 1. The summed E-state index contributed by atoms with van der Waals surface area (Å²) in [6.07, 6.45) is -0.767. The third-order valence-corrected chi connectivity index (χ3v) is 6.27. The summed E-state index contributed by atoms with van der Waals surface area (Å²) in [6.45, 7) is 0.188. The summed E-state index contributed by atoms with van der Waals surface area (Å²) in [6, 6.07) is 30.3. The first kappa shape index (κ1) is 20.9. The predicted octanol–water partition coefficient (Wildman–Crippen LogP) is 5.92. The Kier molecular flexibility index (Phi) is 5.11. The van der Waals surface area contributed by atoms with Gasteiger partial charge in [-0.25, -0.2) is 9.78 Å². The van der Waals surface area contributed by atoms with Crippen molar-refractivity contribution in [3.05, 3.63) is 119 Å². The maximum Gasteiger partial charge on any atom is 0.513 e. The van der Waals surface area contributed by atoms with Crippen molar-refractivity contribution in [3.63, 3.8) is 0 Å². The average molecular weight is 460 g/mol. The van der Waals surface area contributed by atoms with Crippen LogP contribution < -0.4 is 10.3 Å². The molecule has 0 amide bonds. The highest BCUT2D eigenvalue weighted by molar-refractivity contribution is 5.80. The van der Waals surface area contributed by atoms with E-state index in [2.05, 4.69) is 34.2 Å². The van der Waals surface area contributed by atoms with Crippen LogP contribution in [0.15, 0.2) is 102 Å². The van der Waals surface area contributed by atoms with Crippen LogP contribution in [0, 0.1) is 0 Å². The summed E-state index contributed by atoms with van der Waals surface area (Å²) in [4.78, 5) is 32.1. The van der Waals surface area contributed by atoms with Gasteiger partial charge in [0.15, 0.2) is 0 Å². The third kappa shape index (κ3) is 3.85. The van der Waals surface area contributed by atoms with E-state index in [0.717, 1.165) is 11.1 Å². The van der Waals surface area contributed by atoms with Gasteiger partial charge in [0.25, 0.3) is 5.56 Å². The number of fused-ring (bicyclic) bond motifs is 4. The van der Waals surface area contributed by atoms with E-state index in [1.807, 2.05) is 30.3 Å². The summed E-state index contributed by atoms with van der Waals surface area (Å²) >= 11 is 0. The van der Waals surface area contributed by atoms with Crippen LogP contribution in [-0.4, -0.2) is 22.7 Å². The van der Waals surface area contributed by atoms with Crippen LogP contribution in [0.5, 0.6) is 5.75 Å². The number of carbonyl (C=O) groups excluding carboxylic acids is 1. The molecule has 6 nitrogen and oxygen atoms in total. The van der Waals surface area contributed by atoms with Crippen LogP contribution in [0.3, 0.4) is 0 Å². The maximum atomic E-state index is 12.4. The second kappa shape index (κ2) is 8.57. The number of benzene rings is 4. The second-order valence-electron chi connectivity index (χ2n) is 8.35. The van der Waals surface area contributed by atoms with Crippen molar-refractivity contribution >= 4 is 17.1 Å². The van der Waals surface area contributed by atoms with Crippen LogP contribution in [0.4, 0.5) is 4.79 Å². The lowest BCUT2D eigenvalue weighted by molar-refractivity contribution is 0.0965. The molecule has 0 atom stereocenters. The molecule has 6 heteroatoms. The third-order valence-electron chi connectivity index (χ3n) is 6.27. The highest BCUT2D eigenvalue weighted by Crippen LogP contribution is 2.44. The Morgan fingerprint density at radius 2 is 1.43 bits per heavy atom. The molecule has 0 saturated carbocycles. The standard InChI is InChI=1S/C29H20N2O4/c32-28-24-11-5-6-12-26(24)30-27(31-28)18-13-15-19(16-14-18)35-29(33)34-17-25-22-9-3-1-7-20(22)21-8-2-4-10-23(21)25/h1-16,25H,17H2,(H,30,31,32). The molecule has 35 heavy (non-hydrogen) atoms. The zero-order chi connectivity index (χ0) is 23.8. The largest absolute Gasteiger partial charge is 0.513 e. The zero-order valence-corrected chi connectivity index (χ0v) is 18.6. The van der Waals surface area contributed by atoms with Crippen molar-refractivity contribution in [1.82, 2.24) is 9.97 Å². The van der Waals surface area contributed by atoms with Crippen LogP contribution in [0.25, 0.3) is 33.4 Å². The molecule has 0 radical (unpaired) electrons. The number of nitrogens with one attached hydrogen (secondary N) is 1. The molecule has 0 fully saturated rings. The van der Waals surface area contributed by atoms with Crippen molar-refractivity contribution < 1.29 is 14.3 Å². The van der Waals surface area contributed by atoms with E-state index in [1.54, 1.807) is 42.5 Å². The molecule has 170 valence electrons. The Morgan fingerprint density at radius 3 is 2.14 bits per heavy atom. The number of hydrogen-bond acceptors (Lipinski definition) is 5. The highest BCUT2D eigenvalue weighted by atomic mass is 16.7. The van der Waals surface area contributed by atoms with E-state index in [4.69, 9.17) is 9.47 Å². The normalized spacial score (nSPS) is 12.2. The number of para-hydroxylation sites is 1. The van der Waals surface area contributed by atoms with Gasteiger partial charge in [-0.3, -0.25) is 4.79 Å². The molecule has 4 aromatic carbocycles. The first-order chi connectivity index (χ1) is 17.2. The summed E-state index contributed by atoms with van der Waals surface area (Å²) in [5.74, 6) is 0.753. The number of nitrogens with zero attached hydrogens (tertiary/aromatic N) is 1. The minimum atomic E-state index is -0.767. The topological polar surface area (TPSA) is 81.3 Å². The number of rotatable bonds is 4. The molecule has 1 aromatic heterocycles. The Balaban J connectivity index is 1.15. The molecule has 0 bridgehead atoms. The van der Waals surface area contributed by atoms with Gasteiger partial charge in [0, 0.05) is 11.5 Å². The fraction of sp³-hybridized carbons (Fsp3) is 0.0690. The van der Waals surface area contributed by atoms with Crippen molar-refractivity contribution in [2.75, 3.05) is 6.61 Å². The minimum absolute atomic E-state index is 0.0341. The van der Waals surface area contributed by atoms with Gasteiger partial charge in [0.05, 0.1) is 10.9 Å². The van der Waals surface area contributed by atoms with Crippen molar-refractivity contribution in [2.24, 2.45) is 0 Å². The first-order valence-corrected chi connectivity index (χ1v) is 11.3. The van der Waals surface area contributed by atoms with E-state index in [9.17, 15) is 9.59 Å². The van der Waals surface area contributed by atoms with Gasteiger partial charge in [0.2, 0.25) is 0 Å². The van der Waals surface area contributed by atoms with Crippen molar-refractivity contribution in [1.29, 1.82) is 0 Å². The summed E-state index contributed by atoms with van der Waals surface area (Å²) < 4.78 is 10.9. The lowest BCUT2D eigenvalue weighted by Gasteiger charge is -2.14. The van der Waals surface area contributed by atoms with Gasteiger partial charge < -0.3 is 14.5 Å². The lowest BCUT2D eigenvalue weighted by atomic mass is 9.98. The maximum absolute atomic E-state index is 12.4. The molecular weight excluding hydrogens is 440 g/mol. The van der Waals surface area contributed by atoms with E-state index < -0.39 is 6.16 Å². The van der Waals surface area contributed by atoms with Crippen molar-refractivity contribution in [3.8, 4) is 28.3 Å². The molecule has 1 aliphatic carbocycles. The Labute approximate surface area is 200 Å². The first-order valence-electron chi connectivity index (χ1n) is 11.3.